The first-order chi connectivity index (χ1) is 9.23. The van der Waals surface area contributed by atoms with Crippen LogP contribution in [-0.2, 0) is 10.1 Å². The second-order valence-electron chi connectivity index (χ2n) is 3.91. The van der Waals surface area contributed by atoms with Crippen LogP contribution in [0.15, 0.2) is 35.2 Å². The standard InChI is InChI=1S/C12H8O7S.Na/c13-11(14)7-3-1-2-6-4-5-8(20(17,18)19)10(9(6)7)12(15)16;/h1-5H,(H,13,14)(H,15,16)(H,17,18,19);/q;+1/p-1. The third-order valence-corrected chi connectivity index (χ3v) is 3.60. The molecule has 0 fully saturated rings. The maximum Gasteiger partial charge on any atom is 1.00 e. The topological polar surface area (TPSA) is 132 Å². The molecule has 0 aliphatic rings. The van der Waals surface area contributed by atoms with Crippen molar-refractivity contribution in [1.82, 2.24) is 0 Å². The molecule has 2 aromatic carbocycles. The summed E-state index contributed by atoms with van der Waals surface area (Å²) in [6.07, 6.45) is 0. The molecule has 0 saturated carbocycles. The zero-order chi connectivity index (χ0) is 15.1. The van der Waals surface area contributed by atoms with Crippen molar-refractivity contribution >= 4 is 32.8 Å². The third kappa shape index (κ3) is 3.25. The number of carboxylic acids is 2. The van der Waals surface area contributed by atoms with Gasteiger partial charge < -0.3 is 14.8 Å². The zero-order valence-corrected chi connectivity index (χ0v) is 13.5. The van der Waals surface area contributed by atoms with E-state index in [1.807, 2.05) is 0 Å². The molecular formula is C12H7NaO7S. The number of hydrogen-bond donors (Lipinski definition) is 2. The Morgan fingerprint density at radius 3 is 2.10 bits per heavy atom. The summed E-state index contributed by atoms with van der Waals surface area (Å²) in [5.41, 5.74) is -1.21. The van der Waals surface area contributed by atoms with Crippen LogP contribution >= 0.6 is 0 Å². The SMILES string of the molecule is O=C(O)c1cccc2ccc(S(=O)(=O)[O-])c(C(=O)O)c12.[Na+]. The van der Waals surface area contributed by atoms with Crippen LogP contribution in [0.3, 0.4) is 0 Å². The predicted octanol–water partition coefficient (Wildman–Crippen LogP) is -1.86. The molecule has 9 heteroatoms. The minimum atomic E-state index is -5.04. The fourth-order valence-electron chi connectivity index (χ4n) is 1.96. The summed E-state index contributed by atoms with van der Waals surface area (Å²) >= 11 is 0. The van der Waals surface area contributed by atoms with E-state index < -0.39 is 32.5 Å². The van der Waals surface area contributed by atoms with E-state index in [2.05, 4.69) is 0 Å². The van der Waals surface area contributed by atoms with Crippen LogP contribution in [0.5, 0.6) is 0 Å². The number of carboxylic acid groups (broad SMARTS) is 2. The molecule has 0 aliphatic heterocycles. The number of aromatic carboxylic acids is 2. The van der Waals surface area contributed by atoms with Crippen LogP contribution in [0, 0.1) is 0 Å². The molecule has 0 heterocycles. The second-order valence-corrected chi connectivity index (χ2v) is 5.25. The Kier molecular flexibility index (Phi) is 5.13. The van der Waals surface area contributed by atoms with Crippen LogP contribution in [0.25, 0.3) is 10.8 Å². The van der Waals surface area contributed by atoms with Crippen molar-refractivity contribution in [3.05, 3.63) is 41.5 Å². The van der Waals surface area contributed by atoms with E-state index in [-0.39, 0.29) is 45.9 Å². The van der Waals surface area contributed by atoms with E-state index in [1.54, 1.807) is 0 Å². The maximum atomic E-state index is 11.3. The van der Waals surface area contributed by atoms with E-state index >= 15 is 0 Å². The predicted molar refractivity (Wildman–Crippen MR) is 65.8 cm³/mol. The van der Waals surface area contributed by atoms with Crippen LogP contribution in [0.2, 0.25) is 0 Å². The summed E-state index contributed by atoms with van der Waals surface area (Å²) in [6, 6.07) is 6.01. The van der Waals surface area contributed by atoms with Crippen molar-refractivity contribution < 1.29 is 62.3 Å². The summed E-state index contributed by atoms with van der Waals surface area (Å²) in [7, 11) is -5.04. The molecule has 2 rings (SSSR count). The molecule has 0 radical (unpaired) electrons. The number of benzene rings is 2. The summed E-state index contributed by atoms with van der Waals surface area (Å²) in [4.78, 5) is 21.4. The number of hydrogen-bond acceptors (Lipinski definition) is 5. The second kappa shape index (κ2) is 6.12. The number of fused-ring (bicyclic) bond motifs is 1. The Morgan fingerprint density at radius 1 is 1.00 bits per heavy atom. The molecule has 21 heavy (non-hydrogen) atoms. The molecule has 0 saturated heterocycles. The third-order valence-electron chi connectivity index (χ3n) is 2.72. The van der Waals surface area contributed by atoms with Crippen molar-refractivity contribution in [2.45, 2.75) is 4.90 Å². The average Bonchev–Trinajstić information content (AvgIpc) is 2.34. The van der Waals surface area contributed by atoms with Gasteiger partial charge in [0.05, 0.1) is 16.0 Å². The van der Waals surface area contributed by atoms with E-state index in [0.717, 1.165) is 12.1 Å². The Balaban J connectivity index is 0.00000220. The van der Waals surface area contributed by atoms with Gasteiger partial charge in [0.25, 0.3) is 0 Å². The minimum absolute atomic E-state index is 0. The first-order valence-corrected chi connectivity index (χ1v) is 6.62. The van der Waals surface area contributed by atoms with Crippen LogP contribution < -0.4 is 29.6 Å². The van der Waals surface area contributed by atoms with E-state index in [4.69, 9.17) is 10.2 Å². The molecule has 0 aromatic heterocycles. The first-order valence-electron chi connectivity index (χ1n) is 5.21. The van der Waals surface area contributed by atoms with Gasteiger partial charge in [0, 0.05) is 5.39 Å². The van der Waals surface area contributed by atoms with Gasteiger partial charge in [0.15, 0.2) is 0 Å². The Labute approximate surface area is 141 Å². The fraction of sp³-hybridized carbons (Fsp3) is 0. The van der Waals surface area contributed by atoms with Gasteiger partial charge in [-0.2, -0.15) is 0 Å². The number of rotatable bonds is 3. The summed E-state index contributed by atoms with van der Waals surface area (Å²) in [5.74, 6) is -3.10. The molecule has 2 aromatic rings. The van der Waals surface area contributed by atoms with Gasteiger partial charge in [0.1, 0.15) is 10.1 Å². The van der Waals surface area contributed by atoms with Gasteiger partial charge >= 0.3 is 41.5 Å². The van der Waals surface area contributed by atoms with Crippen LogP contribution in [-0.4, -0.2) is 35.1 Å². The molecule has 7 nitrogen and oxygen atoms in total. The minimum Gasteiger partial charge on any atom is -0.744 e. The van der Waals surface area contributed by atoms with Gasteiger partial charge in [-0.15, -0.1) is 0 Å². The average molecular weight is 318 g/mol. The number of carbonyl (C=O) groups is 2. The van der Waals surface area contributed by atoms with Crippen molar-refractivity contribution in [3.63, 3.8) is 0 Å². The molecule has 0 amide bonds. The van der Waals surface area contributed by atoms with Crippen molar-refractivity contribution in [2.24, 2.45) is 0 Å². The van der Waals surface area contributed by atoms with E-state index in [1.165, 1.54) is 18.2 Å². The first kappa shape index (κ1) is 17.6. The van der Waals surface area contributed by atoms with Crippen LogP contribution in [0.1, 0.15) is 20.7 Å². The molecule has 0 atom stereocenters. The van der Waals surface area contributed by atoms with Crippen molar-refractivity contribution in [2.75, 3.05) is 0 Å². The molecule has 0 spiro atoms. The van der Waals surface area contributed by atoms with Gasteiger partial charge in [-0.1, -0.05) is 18.2 Å². The van der Waals surface area contributed by atoms with Gasteiger partial charge in [0.2, 0.25) is 0 Å². The largest absolute Gasteiger partial charge is 1.00 e. The summed E-state index contributed by atoms with van der Waals surface area (Å²) in [6.45, 7) is 0. The molecule has 0 unspecified atom stereocenters. The molecule has 0 aliphatic carbocycles. The Bertz CT molecular complexity index is 842. The van der Waals surface area contributed by atoms with E-state index in [9.17, 15) is 22.6 Å². The van der Waals surface area contributed by atoms with Gasteiger partial charge in [-0.25, -0.2) is 18.0 Å². The van der Waals surface area contributed by atoms with Crippen molar-refractivity contribution in [3.8, 4) is 0 Å². The van der Waals surface area contributed by atoms with E-state index in [0.29, 0.717) is 0 Å². The maximum absolute atomic E-state index is 11.3. The monoisotopic (exact) mass is 318 g/mol. The molecular weight excluding hydrogens is 311 g/mol. The van der Waals surface area contributed by atoms with Crippen LogP contribution in [0.4, 0.5) is 0 Å². The molecule has 104 valence electrons. The normalized spacial score (nSPS) is 10.9. The van der Waals surface area contributed by atoms with Crippen molar-refractivity contribution in [1.29, 1.82) is 0 Å². The smallest absolute Gasteiger partial charge is 0.744 e. The Morgan fingerprint density at radius 2 is 1.62 bits per heavy atom. The Hall–Kier alpha value is -1.45. The summed E-state index contributed by atoms with van der Waals surface area (Å²) < 4.78 is 33.4. The zero-order valence-electron chi connectivity index (χ0n) is 10.7. The van der Waals surface area contributed by atoms with Gasteiger partial charge in [-0.3, -0.25) is 0 Å². The summed E-state index contributed by atoms with van der Waals surface area (Å²) in [5, 5.41) is 18.1. The molecule has 2 N–H and O–H groups in total. The fourth-order valence-corrected chi connectivity index (χ4v) is 2.63. The quantitative estimate of drug-likeness (QED) is 0.501. The molecule has 0 bridgehead atoms. The van der Waals surface area contributed by atoms with Gasteiger partial charge in [-0.05, 0) is 17.5 Å².